The number of amides is 1. The molecule has 0 spiro atoms. The van der Waals surface area contributed by atoms with E-state index in [0.717, 1.165) is 25.7 Å². The van der Waals surface area contributed by atoms with Gasteiger partial charge in [0.1, 0.15) is 0 Å². The Morgan fingerprint density at radius 2 is 1.55 bits per heavy atom. The summed E-state index contributed by atoms with van der Waals surface area (Å²) in [5.41, 5.74) is 6.46. The Bertz CT molecular complexity index is 1030. The number of hydrogen-bond acceptors (Lipinski definition) is 5. The van der Waals surface area contributed by atoms with Crippen molar-refractivity contribution in [2.24, 2.45) is 5.73 Å². The van der Waals surface area contributed by atoms with Crippen LogP contribution < -0.4 is 5.73 Å². The molecule has 1 atom stereocenters. The quantitative estimate of drug-likeness (QED) is 0.524. The molecular weight excluding hydrogens is 416 g/mol. The highest BCUT2D eigenvalue weighted by Gasteiger charge is 2.25. The van der Waals surface area contributed by atoms with Gasteiger partial charge < -0.3 is 10.5 Å². The van der Waals surface area contributed by atoms with Crippen LogP contribution in [0.4, 0.5) is 0 Å². The van der Waals surface area contributed by atoms with Crippen molar-refractivity contribution in [1.29, 1.82) is 0 Å². The maximum atomic E-state index is 12.8. The Hall–Kier alpha value is -2.97. The molecule has 1 saturated heterocycles. The molecule has 7 nitrogen and oxygen atoms in total. The highest BCUT2D eigenvalue weighted by molar-refractivity contribution is 7.89. The smallest absolute Gasteiger partial charge is 0.331 e. The van der Waals surface area contributed by atoms with Crippen LogP contribution in [-0.2, 0) is 24.3 Å². The lowest BCUT2D eigenvalue weighted by Gasteiger charge is -2.19. The van der Waals surface area contributed by atoms with Gasteiger partial charge in [-0.2, -0.15) is 4.31 Å². The van der Waals surface area contributed by atoms with E-state index in [2.05, 4.69) is 0 Å². The van der Waals surface area contributed by atoms with E-state index in [4.69, 9.17) is 10.5 Å². The van der Waals surface area contributed by atoms with Crippen LogP contribution in [0, 0.1) is 0 Å². The second kappa shape index (κ2) is 10.4. The molecule has 2 aromatic carbocycles. The summed E-state index contributed by atoms with van der Waals surface area (Å²) in [5, 5.41) is 0. The topological polar surface area (TPSA) is 107 Å². The van der Waals surface area contributed by atoms with Crippen LogP contribution >= 0.6 is 0 Å². The number of benzene rings is 2. The molecule has 31 heavy (non-hydrogen) atoms. The van der Waals surface area contributed by atoms with Gasteiger partial charge in [0.2, 0.25) is 16.1 Å². The molecular formula is C23H26N2O5S. The van der Waals surface area contributed by atoms with Crippen molar-refractivity contribution < 1.29 is 22.7 Å². The average Bonchev–Trinajstić information content (AvgIpc) is 3.07. The number of nitrogens with zero attached hydrogens (tertiary/aromatic N) is 1. The fourth-order valence-corrected chi connectivity index (χ4v) is 4.94. The van der Waals surface area contributed by atoms with E-state index in [1.54, 1.807) is 42.5 Å². The third kappa shape index (κ3) is 6.02. The van der Waals surface area contributed by atoms with Crippen LogP contribution in [0.2, 0.25) is 0 Å². The molecule has 164 valence electrons. The summed E-state index contributed by atoms with van der Waals surface area (Å²) in [6.07, 6.45) is 5.33. The second-order valence-electron chi connectivity index (χ2n) is 7.35. The molecule has 1 unspecified atom stereocenters. The molecule has 2 N–H and O–H groups in total. The minimum Gasteiger partial charge on any atom is -0.444 e. The summed E-state index contributed by atoms with van der Waals surface area (Å²) in [4.78, 5) is 24.0. The van der Waals surface area contributed by atoms with Gasteiger partial charge in [0.05, 0.1) is 4.90 Å². The Balaban J connectivity index is 1.66. The molecule has 1 aliphatic heterocycles. The van der Waals surface area contributed by atoms with Crippen molar-refractivity contribution >= 4 is 28.0 Å². The number of sulfonamides is 1. The zero-order valence-electron chi connectivity index (χ0n) is 17.1. The molecule has 2 aromatic rings. The summed E-state index contributed by atoms with van der Waals surface area (Å²) in [5.74, 6) is -1.50. The second-order valence-corrected chi connectivity index (χ2v) is 9.29. The minimum absolute atomic E-state index is 0.229. The number of carbonyl (C=O) groups excluding carboxylic acids is 2. The molecule has 1 fully saturated rings. The van der Waals surface area contributed by atoms with Gasteiger partial charge in [-0.05, 0) is 36.6 Å². The van der Waals surface area contributed by atoms with E-state index in [1.165, 1.54) is 28.6 Å². The van der Waals surface area contributed by atoms with E-state index in [1.807, 2.05) is 0 Å². The van der Waals surface area contributed by atoms with Crippen molar-refractivity contribution in [3.8, 4) is 0 Å². The highest BCUT2D eigenvalue weighted by atomic mass is 32.2. The van der Waals surface area contributed by atoms with Crippen LogP contribution in [0.25, 0.3) is 6.08 Å². The monoisotopic (exact) mass is 442 g/mol. The van der Waals surface area contributed by atoms with Gasteiger partial charge in [-0.1, -0.05) is 55.3 Å². The summed E-state index contributed by atoms with van der Waals surface area (Å²) in [6, 6.07) is 14.8. The molecule has 3 rings (SSSR count). The molecule has 0 aliphatic carbocycles. The Morgan fingerprint density at radius 3 is 2.13 bits per heavy atom. The van der Waals surface area contributed by atoms with Gasteiger partial charge in [0.15, 0.2) is 0 Å². The van der Waals surface area contributed by atoms with E-state index in [9.17, 15) is 18.0 Å². The molecule has 0 saturated carbocycles. The van der Waals surface area contributed by atoms with Crippen LogP contribution in [0.5, 0.6) is 0 Å². The minimum atomic E-state index is -3.52. The third-order valence-electron chi connectivity index (χ3n) is 5.09. The number of primary amides is 1. The number of esters is 1. The van der Waals surface area contributed by atoms with Crippen molar-refractivity contribution in [2.45, 2.75) is 36.7 Å². The first-order valence-corrected chi connectivity index (χ1v) is 11.6. The van der Waals surface area contributed by atoms with E-state index in [0.29, 0.717) is 24.2 Å². The van der Waals surface area contributed by atoms with Crippen molar-refractivity contribution in [1.82, 2.24) is 4.31 Å². The lowest BCUT2D eigenvalue weighted by atomic mass is 10.1. The Labute approximate surface area is 182 Å². The normalized spacial score (nSPS) is 16.5. The maximum Gasteiger partial charge on any atom is 0.331 e. The first-order chi connectivity index (χ1) is 14.9. The van der Waals surface area contributed by atoms with Crippen molar-refractivity contribution in [3.05, 3.63) is 71.8 Å². The largest absolute Gasteiger partial charge is 0.444 e. The van der Waals surface area contributed by atoms with Crippen molar-refractivity contribution in [3.63, 3.8) is 0 Å². The van der Waals surface area contributed by atoms with E-state index >= 15 is 0 Å². The Kier molecular flexibility index (Phi) is 7.59. The third-order valence-corrected chi connectivity index (χ3v) is 7.00. The molecule has 1 amide bonds. The standard InChI is InChI=1S/C23H26N2O5S/c24-23(27)22(19-8-4-3-5-9-19)30-21(26)15-12-18-10-13-20(14-11-18)31(28,29)25-16-6-1-2-7-17-25/h3-5,8-15,22H,1-2,6-7,16-17H2,(H2,24,27)/b15-12+. The predicted octanol–water partition coefficient (Wildman–Crippen LogP) is 3.03. The first-order valence-electron chi connectivity index (χ1n) is 10.2. The van der Waals surface area contributed by atoms with E-state index < -0.39 is 28.0 Å². The number of nitrogens with two attached hydrogens (primary N) is 1. The highest BCUT2D eigenvalue weighted by Crippen LogP contribution is 2.21. The molecule has 0 aromatic heterocycles. The summed E-state index contributed by atoms with van der Waals surface area (Å²) in [7, 11) is -3.52. The van der Waals surface area contributed by atoms with Gasteiger partial charge in [0, 0.05) is 24.7 Å². The number of ether oxygens (including phenoxy) is 1. The van der Waals surface area contributed by atoms with Gasteiger partial charge in [-0.15, -0.1) is 0 Å². The number of rotatable bonds is 7. The Morgan fingerprint density at radius 1 is 0.935 bits per heavy atom. The predicted molar refractivity (Wildman–Crippen MR) is 117 cm³/mol. The van der Waals surface area contributed by atoms with Gasteiger partial charge in [0.25, 0.3) is 5.91 Å². The SMILES string of the molecule is NC(=O)C(OC(=O)/C=C/c1ccc(S(=O)(=O)N2CCCCCC2)cc1)c1ccccc1. The molecule has 1 aliphatic rings. The molecule has 0 bridgehead atoms. The van der Waals surface area contributed by atoms with Gasteiger partial charge in [-0.25, -0.2) is 13.2 Å². The van der Waals surface area contributed by atoms with Gasteiger partial charge in [-0.3, -0.25) is 4.79 Å². The van der Waals surface area contributed by atoms with Gasteiger partial charge >= 0.3 is 5.97 Å². The number of carbonyl (C=O) groups is 2. The summed E-state index contributed by atoms with van der Waals surface area (Å²) < 4.78 is 32.4. The zero-order valence-corrected chi connectivity index (χ0v) is 18.0. The van der Waals surface area contributed by atoms with Crippen molar-refractivity contribution in [2.75, 3.05) is 13.1 Å². The molecule has 0 radical (unpaired) electrons. The van der Waals surface area contributed by atoms with Crippen LogP contribution in [-0.4, -0.2) is 37.7 Å². The average molecular weight is 443 g/mol. The zero-order chi connectivity index (χ0) is 22.3. The van der Waals surface area contributed by atoms with E-state index in [-0.39, 0.29) is 4.90 Å². The first kappa shape index (κ1) is 22.7. The maximum absolute atomic E-state index is 12.8. The lowest BCUT2D eigenvalue weighted by Crippen LogP contribution is -2.31. The summed E-state index contributed by atoms with van der Waals surface area (Å²) in [6.45, 7) is 1.08. The molecule has 8 heteroatoms. The van der Waals surface area contributed by atoms with Crippen LogP contribution in [0.1, 0.15) is 42.9 Å². The fourth-order valence-electron chi connectivity index (χ4n) is 3.42. The van der Waals surface area contributed by atoms with Crippen LogP contribution in [0.3, 0.4) is 0 Å². The lowest BCUT2D eigenvalue weighted by molar-refractivity contribution is -0.150. The number of hydrogen-bond donors (Lipinski definition) is 1. The van der Waals surface area contributed by atoms with Crippen LogP contribution in [0.15, 0.2) is 65.6 Å². The molecule has 1 heterocycles. The summed E-state index contributed by atoms with van der Waals surface area (Å²) >= 11 is 0. The fraction of sp³-hybridized carbons (Fsp3) is 0.304.